The standard InChI is InChI=1S/C28H38ClN5O5/c1-28(2,18-31-26(37)21-15-19(29)11-12-23(21)39-5)16-24(36)33-25(22(30-3)17-34(4)13-14-35)27(38)32-20-9-7-6-8-10-20/h6-12,15,30,35H,13-14,16-18H2,1-5H3,(H,31,37)(H,32,38)(H,33,36)/b25-22+. The number of para-hydroxylation sites is 1. The third-order valence-corrected chi connectivity index (χ3v) is 6.04. The van der Waals surface area contributed by atoms with Crippen LogP contribution in [0.3, 0.4) is 0 Å². The number of likely N-dealkylation sites (N-methyl/N-ethyl adjacent to an activating group) is 2. The Balaban J connectivity index is 2.16. The van der Waals surface area contributed by atoms with E-state index < -0.39 is 17.2 Å². The number of anilines is 1. The van der Waals surface area contributed by atoms with Crippen LogP contribution < -0.4 is 26.0 Å². The molecule has 0 saturated carbocycles. The summed E-state index contributed by atoms with van der Waals surface area (Å²) in [5.74, 6) is -0.881. The highest BCUT2D eigenvalue weighted by Crippen LogP contribution is 2.24. The number of rotatable bonds is 14. The van der Waals surface area contributed by atoms with Gasteiger partial charge in [-0.3, -0.25) is 19.3 Å². The number of carbonyl (C=O) groups is 3. The molecule has 0 aliphatic rings. The molecule has 0 atom stereocenters. The number of nitrogens with zero attached hydrogens (tertiary/aromatic N) is 1. The number of aliphatic hydroxyl groups excluding tert-OH is 1. The topological polar surface area (TPSA) is 132 Å². The summed E-state index contributed by atoms with van der Waals surface area (Å²) in [6.07, 6.45) is 0.0194. The van der Waals surface area contributed by atoms with Gasteiger partial charge in [0.05, 0.1) is 25.0 Å². The molecule has 0 unspecified atom stereocenters. The number of hydrogen-bond donors (Lipinski definition) is 5. The molecule has 2 rings (SSSR count). The number of amides is 3. The molecule has 0 fully saturated rings. The summed E-state index contributed by atoms with van der Waals surface area (Å²) in [6, 6.07) is 13.7. The van der Waals surface area contributed by atoms with Crippen LogP contribution in [0, 0.1) is 5.41 Å². The number of carbonyl (C=O) groups excluding carboxylic acids is 3. The maximum atomic E-state index is 13.2. The number of benzene rings is 2. The molecule has 0 aliphatic carbocycles. The molecule has 0 saturated heterocycles. The van der Waals surface area contributed by atoms with Gasteiger partial charge in [-0.2, -0.15) is 0 Å². The van der Waals surface area contributed by atoms with E-state index in [4.69, 9.17) is 16.3 Å². The van der Waals surface area contributed by atoms with Gasteiger partial charge in [0.15, 0.2) is 0 Å². The van der Waals surface area contributed by atoms with Crippen LogP contribution in [0.5, 0.6) is 5.75 Å². The molecule has 0 bridgehead atoms. The van der Waals surface area contributed by atoms with E-state index in [2.05, 4.69) is 21.3 Å². The highest BCUT2D eigenvalue weighted by molar-refractivity contribution is 6.31. The summed E-state index contributed by atoms with van der Waals surface area (Å²) in [5, 5.41) is 21.1. The fourth-order valence-corrected chi connectivity index (χ4v) is 3.91. The van der Waals surface area contributed by atoms with Gasteiger partial charge >= 0.3 is 0 Å². The fourth-order valence-electron chi connectivity index (χ4n) is 3.74. The Labute approximate surface area is 234 Å². The smallest absolute Gasteiger partial charge is 0.274 e. The van der Waals surface area contributed by atoms with Crippen molar-refractivity contribution in [2.45, 2.75) is 20.3 Å². The van der Waals surface area contributed by atoms with Crippen LogP contribution in [0.25, 0.3) is 0 Å². The molecule has 3 amide bonds. The van der Waals surface area contributed by atoms with Crippen molar-refractivity contribution >= 4 is 35.0 Å². The van der Waals surface area contributed by atoms with Crippen molar-refractivity contribution in [3.8, 4) is 5.75 Å². The second kappa shape index (κ2) is 15.1. The maximum absolute atomic E-state index is 13.2. The molecular weight excluding hydrogens is 522 g/mol. The summed E-state index contributed by atoms with van der Waals surface area (Å²) in [4.78, 5) is 41.0. The molecule has 2 aromatic carbocycles. The first-order chi connectivity index (χ1) is 18.5. The Morgan fingerprint density at radius 2 is 1.79 bits per heavy atom. The van der Waals surface area contributed by atoms with Gasteiger partial charge in [-0.1, -0.05) is 43.6 Å². The molecule has 11 heteroatoms. The van der Waals surface area contributed by atoms with Crippen LogP contribution in [0.2, 0.25) is 5.02 Å². The highest BCUT2D eigenvalue weighted by atomic mass is 35.5. The lowest BCUT2D eigenvalue weighted by Crippen LogP contribution is -2.41. The summed E-state index contributed by atoms with van der Waals surface area (Å²) in [7, 11) is 4.92. The number of methoxy groups -OCH3 is 1. The molecule has 0 heterocycles. The van der Waals surface area contributed by atoms with Gasteiger partial charge in [0.2, 0.25) is 5.91 Å². The van der Waals surface area contributed by atoms with Crippen LogP contribution in [-0.4, -0.2) is 75.2 Å². The number of ether oxygens (including phenoxy) is 1. The molecule has 5 N–H and O–H groups in total. The Hall–Kier alpha value is -3.60. The second-order valence-electron chi connectivity index (χ2n) is 9.80. The van der Waals surface area contributed by atoms with E-state index in [1.807, 2.05) is 24.8 Å². The average molecular weight is 560 g/mol. The van der Waals surface area contributed by atoms with Gasteiger partial charge in [-0.05, 0) is 42.8 Å². The summed E-state index contributed by atoms with van der Waals surface area (Å²) >= 11 is 6.04. The fraction of sp³-hybridized carbons (Fsp3) is 0.393. The molecule has 0 aromatic heterocycles. The van der Waals surface area contributed by atoms with Crippen molar-refractivity contribution in [3.63, 3.8) is 0 Å². The van der Waals surface area contributed by atoms with E-state index in [-0.39, 0.29) is 37.7 Å². The van der Waals surface area contributed by atoms with Crippen molar-refractivity contribution in [1.29, 1.82) is 0 Å². The zero-order valence-electron chi connectivity index (χ0n) is 23.1. The number of halogens is 1. The zero-order chi connectivity index (χ0) is 29.0. The van der Waals surface area contributed by atoms with Gasteiger partial charge < -0.3 is 31.1 Å². The molecule has 0 aliphatic heterocycles. The summed E-state index contributed by atoms with van der Waals surface area (Å²) < 4.78 is 5.25. The zero-order valence-corrected chi connectivity index (χ0v) is 23.8. The molecule has 10 nitrogen and oxygen atoms in total. The van der Waals surface area contributed by atoms with Crippen molar-refractivity contribution in [2.75, 3.05) is 52.8 Å². The van der Waals surface area contributed by atoms with Crippen molar-refractivity contribution in [1.82, 2.24) is 20.9 Å². The third kappa shape index (κ3) is 10.2. The van der Waals surface area contributed by atoms with Crippen LogP contribution in [-0.2, 0) is 9.59 Å². The minimum absolute atomic E-state index is 0.0194. The van der Waals surface area contributed by atoms with Crippen LogP contribution in [0.15, 0.2) is 59.9 Å². The number of nitrogens with one attached hydrogen (secondary N) is 4. The van der Waals surface area contributed by atoms with E-state index in [1.54, 1.807) is 50.5 Å². The Bertz CT molecular complexity index is 1170. The highest BCUT2D eigenvalue weighted by Gasteiger charge is 2.27. The van der Waals surface area contributed by atoms with E-state index in [0.717, 1.165) is 0 Å². The van der Waals surface area contributed by atoms with Crippen LogP contribution in [0.4, 0.5) is 5.69 Å². The number of aliphatic hydroxyl groups is 1. The second-order valence-corrected chi connectivity index (χ2v) is 10.2. The average Bonchev–Trinajstić information content (AvgIpc) is 2.89. The van der Waals surface area contributed by atoms with Gasteiger partial charge in [-0.15, -0.1) is 0 Å². The van der Waals surface area contributed by atoms with Crippen molar-refractivity contribution < 1.29 is 24.2 Å². The Morgan fingerprint density at radius 3 is 2.41 bits per heavy atom. The number of hydrogen-bond acceptors (Lipinski definition) is 7. The quantitative estimate of drug-likeness (QED) is 0.225. The molecule has 0 spiro atoms. The van der Waals surface area contributed by atoms with Crippen molar-refractivity contribution in [3.05, 3.63) is 70.5 Å². The largest absolute Gasteiger partial charge is 0.496 e. The Morgan fingerprint density at radius 1 is 1.10 bits per heavy atom. The molecule has 2 aromatic rings. The van der Waals surface area contributed by atoms with Crippen LogP contribution in [0.1, 0.15) is 30.6 Å². The lowest BCUT2D eigenvalue weighted by atomic mass is 9.88. The summed E-state index contributed by atoms with van der Waals surface area (Å²) in [6.45, 7) is 4.48. The lowest BCUT2D eigenvalue weighted by Gasteiger charge is -2.26. The SMILES string of the molecule is CN/C(CN(C)CCO)=C(/NC(=O)CC(C)(C)CNC(=O)c1cc(Cl)ccc1OC)C(=O)Nc1ccccc1. The van der Waals surface area contributed by atoms with E-state index in [0.29, 0.717) is 34.3 Å². The monoisotopic (exact) mass is 559 g/mol. The first-order valence-corrected chi connectivity index (χ1v) is 12.9. The van der Waals surface area contributed by atoms with Crippen LogP contribution >= 0.6 is 11.6 Å². The van der Waals surface area contributed by atoms with Gasteiger partial charge in [-0.25, -0.2) is 0 Å². The molecule has 0 radical (unpaired) electrons. The lowest BCUT2D eigenvalue weighted by molar-refractivity contribution is -0.124. The van der Waals surface area contributed by atoms with Crippen molar-refractivity contribution in [2.24, 2.45) is 5.41 Å². The first kappa shape index (κ1) is 31.6. The van der Waals surface area contributed by atoms with E-state index >= 15 is 0 Å². The van der Waals surface area contributed by atoms with Gasteiger partial charge in [0.25, 0.3) is 11.8 Å². The minimum Gasteiger partial charge on any atom is -0.496 e. The molecule has 39 heavy (non-hydrogen) atoms. The molecule has 212 valence electrons. The van der Waals surface area contributed by atoms with E-state index in [1.165, 1.54) is 13.2 Å². The van der Waals surface area contributed by atoms with Gasteiger partial charge in [0, 0.05) is 43.8 Å². The Kier molecular flexibility index (Phi) is 12.2. The summed E-state index contributed by atoms with van der Waals surface area (Å²) in [5.41, 5.74) is 0.762. The maximum Gasteiger partial charge on any atom is 0.274 e. The third-order valence-electron chi connectivity index (χ3n) is 5.81. The predicted molar refractivity (Wildman–Crippen MR) is 153 cm³/mol. The predicted octanol–water partition coefficient (Wildman–Crippen LogP) is 2.60. The van der Waals surface area contributed by atoms with E-state index in [9.17, 15) is 19.5 Å². The first-order valence-electron chi connectivity index (χ1n) is 12.5. The van der Waals surface area contributed by atoms with Gasteiger partial charge in [0.1, 0.15) is 11.4 Å². The molecular formula is C28H38ClN5O5. The minimum atomic E-state index is -0.653. The normalized spacial score (nSPS) is 11.9.